The van der Waals surface area contributed by atoms with E-state index in [-0.39, 0.29) is 0 Å². The molecule has 0 radical (unpaired) electrons. The largest absolute Gasteiger partial charge is 0.481 e. The first-order valence-electron chi connectivity index (χ1n) is 7.03. The summed E-state index contributed by atoms with van der Waals surface area (Å²) in [6.45, 7) is 6.08. The Morgan fingerprint density at radius 2 is 2.25 bits per heavy atom. The molecule has 0 amide bonds. The lowest BCUT2D eigenvalue weighted by Gasteiger charge is -2.39. The summed E-state index contributed by atoms with van der Waals surface area (Å²) >= 11 is 6.26. The van der Waals surface area contributed by atoms with Gasteiger partial charge in [-0.1, -0.05) is 18.5 Å². The highest BCUT2D eigenvalue weighted by atomic mass is 35.5. The van der Waals surface area contributed by atoms with E-state index >= 15 is 0 Å². The molecule has 1 aliphatic heterocycles. The Morgan fingerprint density at radius 1 is 1.55 bits per heavy atom. The first-order valence-corrected chi connectivity index (χ1v) is 7.41. The van der Waals surface area contributed by atoms with Crippen molar-refractivity contribution in [2.75, 3.05) is 13.1 Å². The van der Waals surface area contributed by atoms with E-state index in [2.05, 4.69) is 10.00 Å². The molecule has 2 heterocycles. The number of hydrogen-bond acceptors (Lipinski definition) is 3. The van der Waals surface area contributed by atoms with Crippen molar-refractivity contribution in [2.24, 2.45) is 12.5 Å². The minimum atomic E-state index is -0.682. The van der Waals surface area contributed by atoms with Gasteiger partial charge >= 0.3 is 5.97 Å². The highest BCUT2D eigenvalue weighted by Crippen LogP contribution is 2.35. The van der Waals surface area contributed by atoms with Gasteiger partial charge in [0.15, 0.2) is 0 Å². The number of halogens is 1. The molecule has 1 aliphatic rings. The predicted molar refractivity (Wildman–Crippen MR) is 77.8 cm³/mol. The minimum absolute atomic E-state index is 0.587. The van der Waals surface area contributed by atoms with Crippen LogP contribution in [0.15, 0.2) is 0 Å². The fraction of sp³-hybridized carbons (Fsp3) is 0.714. The van der Waals surface area contributed by atoms with Crippen molar-refractivity contribution >= 4 is 17.6 Å². The first kappa shape index (κ1) is 15.3. The van der Waals surface area contributed by atoms with Gasteiger partial charge in [0.1, 0.15) is 5.15 Å². The van der Waals surface area contributed by atoms with Crippen LogP contribution in [0.3, 0.4) is 0 Å². The van der Waals surface area contributed by atoms with E-state index in [0.717, 1.165) is 30.6 Å². The summed E-state index contributed by atoms with van der Waals surface area (Å²) in [5.74, 6) is -0.682. The van der Waals surface area contributed by atoms with Crippen LogP contribution in [0, 0.1) is 12.3 Å². The summed E-state index contributed by atoms with van der Waals surface area (Å²) in [5.41, 5.74) is 1.31. The molecule has 0 saturated carbocycles. The second kappa shape index (κ2) is 5.74. The Kier molecular flexibility index (Phi) is 4.39. The van der Waals surface area contributed by atoms with Crippen LogP contribution in [0.4, 0.5) is 0 Å². The molecule has 0 spiro atoms. The van der Waals surface area contributed by atoms with Gasteiger partial charge in [0.25, 0.3) is 0 Å². The van der Waals surface area contributed by atoms with Crippen LogP contribution in [0.1, 0.15) is 37.4 Å². The Balaban J connectivity index is 2.16. The summed E-state index contributed by atoms with van der Waals surface area (Å²) in [5, 5.41) is 14.5. The standard InChI is InChI=1S/C14H22ClN3O2/c1-4-14(13(19)20)6-5-7-18(9-14)8-11-10(2)16-17(3)12(11)15/h4-9H2,1-3H3,(H,19,20). The number of hydrogen-bond donors (Lipinski definition) is 1. The van der Waals surface area contributed by atoms with Crippen molar-refractivity contribution in [3.05, 3.63) is 16.4 Å². The van der Waals surface area contributed by atoms with Crippen molar-refractivity contribution in [1.82, 2.24) is 14.7 Å². The summed E-state index contributed by atoms with van der Waals surface area (Å²) in [6, 6.07) is 0. The molecule has 1 aromatic rings. The number of likely N-dealkylation sites (tertiary alicyclic amines) is 1. The highest BCUT2D eigenvalue weighted by molar-refractivity contribution is 6.30. The van der Waals surface area contributed by atoms with Gasteiger partial charge in [-0.3, -0.25) is 14.4 Å². The molecular formula is C14H22ClN3O2. The van der Waals surface area contributed by atoms with Crippen molar-refractivity contribution < 1.29 is 9.90 Å². The predicted octanol–water partition coefficient (Wildman–Crippen LogP) is 2.46. The molecule has 1 N–H and O–H groups in total. The number of aryl methyl sites for hydroxylation is 2. The third-order valence-corrected chi connectivity index (χ3v) is 4.91. The zero-order valence-electron chi connectivity index (χ0n) is 12.3. The normalized spacial score (nSPS) is 24.0. The van der Waals surface area contributed by atoms with Crippen LogP contribution in [-0.4, -0.2) is 38.8 Å². The number of aliphatic carboxylic acids is 1. The van der Waals surface area contributed by atoms with Crippen LogP contribution in [-0.2, 0) is 18.4 Å². The van der Waals surface area contributed by atoms with Crippen molar-refractivity contribution in [2.45, 2.75) is 39.7 Å². The van der Waals surface area contributed by atoms with Gasteiger partial charge in [0, 0.05) is 25.7 Å². The van der Waals surface area contributed by atoms with Gasteiger partial charge in [0.05, 0.1) is 11.1 Å². The molecule has 112 valence electrons. The average Bonchev–Trinajstić information content (AvgIpc) is 2.65. The maximum atomic E-state index is 11.6. The molecule has 1 atom stereocenters. The maximum Gasteiger partial charge on any atom is 0.310 e. The van der Waals surface area contributed by atoms with E-state index in [1.54, 1.807) is 4.68 Å². The lowest BCUT2D eigenvalue weighted by atomic mass is 9.77. The van der Waals surface area contributed by atoms with Crippen LogP contribution in [0.25, 0.3) is 0 Å². The Bertz CT molecular complexity index is 515. The Hall–Kier alpha value is -1.07. The van der Waals surface area contributed by atoms with E-state index in [4.69, 9.17) is 11.6 Å². The third kappa shape index (κ3) is 2.69. The number of aromatic nitrogens is 2. The molecule has 0 bridgehead atoms. The molecule has 1 aromatic heterocycles. The number of carboxylic acid groups (broad SMARTS) is 1. The molecule has 2 rings (SSSR count). The molecule has 1 unspecified atom stereocenters. The Labute approximate surface area is 124 Å². The number of rotatable bonds is 4. The van der Waals surface area contributed by atoms with Crippen molar-refractivity contribution in [3.63, 3.8) is 0 Å². The highest BCUT2D eigenvalue weighted by Gasteiger charge is 2.40. The summed E-state index contributed by atoms with van der Waals surface area (Å²) in [7, 11) is 1.82. The van der Waals surface area contributed by atoms with E-state index in [0.29, 0.717) is 24.7 Å². The summed E-state index contributed by atoms with van der Waals surface area (Å²) in [4.78, 5) is 13.8. The van der Waals surface area contributed by atoms with Crippen LogP contribution in [0.5, 0.6) is 0 Å². The monoisotopic (exact) mass is 299 g/mol. The van der Waals surface area contributed by atoms with Crippen LogP contribution < -0.4 is 0 Å². The zero-order chi connectivity index (χ0) is 14.9. The smallest absolute Gasteiger partial charge is 0.310 e. The Morgan fingerprint density at radius 3 is 2.75 bits per heavy atom. The maximum absolute atomic E-state index is 11.6. The van der Waals surface area contributed by atoms with E-state index < -0.39 is 11.4 Å². The number of carbonyl (C=O) groups is 1. The van der Waals surface area contributed by atoms with Gasteiger partial charge in [-0.25, -0.2) is 0 Å². The van der Waals surface area contributed by atoms with Gasteiger partial charge in [-0.15, -0.1) is 0 Å². The molecule has 1 saturated heterocycles. The summed E-state index contributed by atoms with van der Waals surface area (Å²) < 4.78 is 1.67. The molecule has 1 fully saturated rings. The van der Waals surface area contributed by atoms with E-state index in [1.165, 1.54) is 0 Å². The zero-order valence-corrected chi connectivity index (χ0v) is 13.1. The van der Waals surface area contributed by atoms with E-state index in [1.807, 2.05) is 20.9 Å². The average molecular weight is 300 g/mol. The summed E-state index contributed by atoms with van der Waals surface area (Å²) in [6.07, 6.45) is 2.34. The second-order valence-corrected chi connectivity index (χ2v) is 6.09. The SMILES string of the molecule is CCC1(C(=O)O)CCCN(Cc2c(C)nn(C)c2Cl)C1. The lowest BCUT2D eigenvalue weighted by molar-refractivity contribution is -0.153. The topological polar surface area (TPSA) is 58.4 Å². The first-order chi connectivity index (χ1) is 9.39. The number of nitrogens with zero attached hydrogens (tertiary/aromatic N) is 3. The van der Waals surface area contributed by atoms with Gasteiger partial charge in [-0.2, -0.15) is 5.10 Å². The fourth-order valence-electron chi connectivity index (χ4n) is 3.05. The number of piperidine rings is 1. The van der Waals surface area contributed by atoms with Gasteiger partial charge in [-0.05, 0) is 32.7 Å². The third-order valence-electron chi connectivity index (χ3n) is 4.44. The second-order valence-electron chi connectivity index (χ2n) is 5.73. The molecule has 20 heavy (non-hydrogen) atoms. The van der Waals surface area contributed by atoms with Crippen molar-refractivity contribution in [3.8, 4) is 0 Å². The molecular weight excluding hydrogens is 278 g/mol. The van der Waals surface area contributed by atoms with Crippen LogP contribution in [0.2, 0.25) is 5.15 Å². The molecule has 6 heteroatoms. The molecule has 5 nitrogen and oxygen atoms in total. The van der Waals surface area contributed by atoms with Crippen molar-refractivity contribution in [1.29, 1.82) is 0 Å². The van der Waals surface area contributed by atoms with Gasteiger partial charge < -0.3 is 5.11 Å². The minimum Gasteiger partial charge on any atom is -0.481 e. The molecule has 0 aliphatic carbocycles. The molecule has 0 aromatic carbocycles. The number of carboxylic acids is 1. The lowest BCUT2D eigenvalue weighted by Crippen LogP contribution is -2.47. The van der Waals surface area contributed by atoms with E-state index in [9.17, 15) is 9.90 Å². The quantitative estimate of drug-likeness (QED) is 0.928. The fourth-order valence-corrected chi connectivity index (χ4v) is 3.29. The van der Waals surface area contributed by atoms with Gasteiger partial charge in [0.2, 0.25) is 0 Å². The van der Waals surface area contributed by atoms with Crippen LogP contribution >= 0.6 is 11.6 Å².